The molecule has 0 bridgehead atoms. The molecule has 4 nitrogen and oxygen atoms in total. The van der Waals surface area contributed by atoms with Gasteiger partial charge in [-0.2, -0.15) is 0 Å². The Morgan fingerprint density at radius 1 is 1.21 bits per heavy atom. The van der Waals surface area contributed by atoms with Crippen LogP contribution >= 0.6 is 0 Å². The Hall–Kier alpha value is -2.33. The average molecular weight is 322 g/mol. The van der Waals surface area contributed by atoms with Crippen molar-refractivity contribution in [2.45, 2.75) is 25.3 Å². The van der Waals surface area contributed by atoms with Gasteiger partial charge < -0.3 is 10.2 Å². The molecule has 0 saturated carbocycles. The molecule has 2 aliphatic rings. The molecule has 1 fully saturated rings. The third-order valence-electron chi connectivity index (χ3n) is 5.32. The lowest BCUT2D eigenvalue weighted by Gasteiger charge is -2.34. The first-order valence-electron chi connectivity index (χ1n) is 8.70. The van der Waals surface area contributed by atoms with Crippen LogP contribution in [0, 0.1) is 6.92 Å². The van der Waals surface area contributed by atoms with E-state index < -0.39 is 0 Å². The number of quaternary nitrogens is 1. The molecular weight excluding hydrogens is 298 g/mol. The summed E-state index contributed by atoms with van der Waals surface area (Å²) >= 11 is 0. The number of nitrogens with zero attached hydrogens (tertiary/aromatic N) is 1. The van der Waals surface area contributed by atoms with Crippen LogP contribution < -0.4 is 15.1 Å². The topological polar surface area (TPSA) is 36.8 Å². The lowest BCUT2D eigenvalue weighted by atomic mass is 9.89. The Balaban J connectivity index is 1.68. The number of para-hydroxylation sites is 1. The first-order valence-corrected chi connectivity index (χ1v) is 8.70. The maximum Gasteiger partial charge on any atom is 0.326 e. The van der Waals surface area contributed by atoms with Gasteiger partial charge in [-0.3, -0.25) is 4.90 Å². The lowest BCUT2D eigenvalue weighted by molar-refractivity contribution is -0.886. The van der Waals surface area contributed by atoms with Crippen molar-refractivity contribution in [3.63, 3.8) is 0 Å². The molecule has 2 aromatic rings. The van der Waals surface area contributed by atoms with E-state index in [0.29, 0.717) is 5.92 Å². The maximum absolute atomic E-state index is 13.0. The Morgan fingerprint density at radius 2 is 2.00 bits per heavy atom. The van der Waals surface area contributed by atoms with Gasteiger partial charge in [0.1, 0.15) is 0 Å². The highest BCUT2D eigenvalue weighted by Crippen LogP contribution is 2.43. The number of aryl methyl sites for hydroxylation is 1. The van der Waals surface area contributed by atoms with E-state index >= 15 is 0 Å². The van der Waals surface area contributed by atoms with Crippen LogP contribution in [0.4, 0.5) is 16.2 Å². The number of piperidine rings is 1. The van der Waals surface area contributed by atoms with Gasteiger partial charge in [0.15, 0.2) is 0 Å². The van der Waals surface area contributed by atoms with Crippen molar-refractivity contribution in [3.8, 4) is 0 Å². The Morgan fingerprint density at radius 3 is 2.79 bits per heavy atom. The number of rotatable bonds is 1. The van der Waals surface area contributed by atoms with Crippen LogP contribution in [-0.2, 0) is 0 Å². The molecule has 3 atom stereocenters. The highest BCUT2D eigenvalue weighted by Gasteiger charge is 2.45. The lowest BCUT2D eigenvalue weighted by Crippen LogP contribution is -3.11. The fraction of sp³-hybridized carbons (Fsp3) is 0.350. The zero-order chi connectivity index (χ0) is 16.7. The summed E-state index contributed by atoms with van der Waals surface area (Å²) in [5.41, 5.74) is 4.53. The number of anilines is 2. The molecule has 24 heavy (non-hydrogen) atoms. The first-order chi connectivity index (χ1) is 11.6. The van der Waals surface area contributed by atoms with Crippen LogP contribution in [0.1, 0.15) is 23.5 Å². The zero-order valence-electron chi connectivity index (χ0n) is 14.3. The van der Waals surface area contributed by atoms with Crippen molar-refractivity contribution in [1.29, 1.82) is 0 Å². The minimum absolute atomic E-state index is 0.0154. The summed E-state index contributed by atoms with van der Waals surface area (Å²) in [5, 5.41) is 3.06. The summed E-state index contributed by atoms with van der Waals surface area (Å²) in [6.45, 7) is 4.33. The van der Waals surface area contributed by atoms with Gasteiger partial charge in [-0.25, -0.2) is 4.79 Å². The second kappa shape index (κ2) is 5.95. The minimum Gasteiger partial charge on any atom is -0.337 e. The van der Waals surface area contributed by atoms with Gasteiger partial charge in [-0.15, -0.1) is 0 Å². The van der Waals surface area contributed by atoms with E-state index in [1.165, 1.54) is 11.1 Å². The fourth-order valence-electron chi connectivity index (χ4n) is 4.17. The summed E-state index contributed by atoms with van der Waals surface area (Å²) in [6, 6.07) is 16.4. The van der Waals surface area contributed by atoms with Gasteiger partial charge in [0, 0.05) is 17.8 Å². The number of carbonyl (C=O) groups excluding carboxylic acids is 1. The molecule has 1 unspecified atom stereocenters. The number of amides is 2. The maximum atomic E-state index is 13.0. The summed E-state index contributed by atoms with van der Waals surface area (Å²) < 4.78 is 0. The monoisotopic (exact) mass is 322 g/mol. The van der Waals surface area contributed by atoms with Crippen molar-refractivity contribution < 1.29 is 9.69 Å². The van der Waals surface area contributed by atoms with E-state index in [-0.39, 0.29) is 12.1 Å². The SMILES string of the molecule is Cc1ccc2c(c1)[C@H]1C[NH+](C)CC[C@@H]1N2C(=O)Nc1ccccc1. The van der Waals surface area contributed by atoms with Gasteiger partial charge >= 0.3 is 6.03 Å². The van der Waals surface area contributed by atoms with E-state index in [1.54, 1.807) is 4.90 Å². The fourth-order valence-corrected chi connectivity index (χ4v) is 4.17. The number of carbonyl (C=O) groups is 1. The van der Waals surface area contributed by atoms with Crippen molar-refractivity contribution >= 4 is 17.4 Å². The van der Waals surface area contributed by atoms with Crippen molar-refractivity contribution in [3.05, 3.63) is 59.7 Å². The van der Waals surface area contributed by atoms with Crippen LogP contribution in [0.15, 0.2) is 48.5 Å². The van der Waals surface area contributed by atoms with E-state index in [4.69, 9.17) is 0 Å². The van der Waals surface area contributed by atoms with Crippen LogP contribution in [0.5, 0.6) is 0 Å². The van der Waals surface area contributed by atoms with Crippen molar-refractivity contribution in [1.82, 2.24) is 0 Å². The molecule has 2 amide bonds. The Labute approximate surface area is 143 Å². The molecule has 0 aliphatic carbocycles. The third-order valence-corrected chi connectivity index (χ3v) is 5.32. The molecule has 124 valence electrons. The second-order valence-corrected chi connectivity index (χ2v) is 7.10. The number of nitrogens with one attached hydrogen (secondary N) is 2. The standard InChI is InChI=1S/C20H23N3O/c1-14-8-9-18-16(12-14)17-13-22(2)11-10-19(17)23(18)20(24)21-15-6-4-3-5-7-15/h3-9,12,17,19H,10-11,13H2,1-2H3,(H,21,24)/p+1/t17-,19+/m1/s1. The summed E-state index contributed by atoms with van der Waals surface area (Å²) in [4.78, 5) is 16.6. The van der Waals surface area contributed by atoms with Gasteiger partial charge in [0.2, 0.25) is 0 Å². The number of urea groups is 1. The van der Waals surface area contributed by atoms with E-state index in [9.17, 15) is 4.79 Å². The number of benzene rings is 2. The predicted molar refractivity (Wildman–Crippen MR) is 96.9 cm³/mol. The number of fused-ring (bicyclic) bond motifs is 3. The molecule has 4 heteroatoms. The van der Waals surface area contributed by atoms with Gasteiger partial charge in [0.05, 0.1) is 32.1 Å². The molecule has 1 saturated heterocycles. The first kappa shape index (κ1) is 15.2. The molecular formula is C20H24N3O+. The van der Waals surface area contributed by atoms with Crippen LogP contribution in [0.3, 0.4) is 0 Å². The van der Waals surface area contributed by atoms with Gasteiger partial charge in [-0.05, 0) is 30.7 Å². The zero-order valence-corrected chi connectivity index (χ0v) is 14.3. The van der Waals surface area contributed by atoms with Crippen molar-refractivity contribution in [2.24, 2.45) is 0 Å². The molecule has 2 aromatic carbocycles. The molecule has 2 heterocycles. The van der Waals surface area contributed by atoms with Crippen LogP contribution in [-0.4, -0.2) is 32.2 Å². The second-order valence-electron chi connectivity index (χ2n) is 7.10. The van der Waals surface area contributed by atoms with Gasteiger partial charge in [0.25, 0.3) is 0 Å². The van der Waals surface area contributed by atoms with Gasteiger partial charge in [-0.1, -0.05) is 35.9 Å². The summed E-state index contributed by atoms with van der Waals surface area (Å²) in [7, 11) is 2.25. The third kappa shape index (κ3) is 2.57. The highest BCUT2D eigenvalue weighted by atomic mass is 16.2. The molecule has 2 N–H and O–H groups in total. The predicted octanol–water partition coefficient (Wildman–Crippen LogP) is 2.42. The minimum atomic E-state index is -0.0154. The van der Waals surface area contributed by atoms with Crippen LogP contribution in [0.25, 0.3) is 0 Å². The van der Waals surface area contributed by atoms with Crippen LogP contribution in [0.2, 0.25) is 0 Å². The molecule has 0 spiro atoms. The summed E-state index contributed by atoms with van der Waals surface area (Å²) in [6.07, 6.45) is 1.05. The number of hydrogen-bond acceptors (Lipinski definition) is 1. The number of likely N-dealkylation sites (tertiary alicyclic amines) is 1. The van der Waals surface area contributed by atoms with E-state index in [1.807, 2.05) is 35.2 Å². The highest BCUT2D eigenvalue weighted by molar-refractivity contribution is 6.04. The van der Waals surface area contributed by atoms with E-state index in [0.717, 1.165) is 30.9 Å². The smallest absolute Gasteiger partial charge is 0.326 e. The molecule has 0 radical (unpaired) electrons. The van der Waals surface area contributed by atoms with Crippen molar-refractivity contribution in [2.75, 3.05) is 30.4 Å². The molecule has 4 rings (SSSR count). The Bertz CT molecular complexity index is 759. The Kier molecular flexibility index (Phi) is 3.77. The quantitative estimate of drug-likeness (QED) is 0.831. The number of hydrogen-bond donors (Lipinski definition) is 2. The van der Waals surface area contributed by atoms with E-state index in [2.05, 4.69) is 37.5 Å². The molecule has 2 aliphatic heterocycles. The normalized spacial score (nSPS) is 25.1. The average Bonchev–Trinajstić information content (AvgIpc) is 2.89. The molecule has 0 aromatic heterocycles. The largest absolute Gasteiger partial charge is 0.337 e. The summed E-state index contributed by atoms with van der Waals surface area (Å²) in [5.74, 6) is 0.440. The number of likely N-dealkylation sites (N-methyl/N-ethyl adjacent to an activating group) is 1.